The number of amides is 1. The van der Waals surface area contributed by atoms with E-state index in [1.165, 1.54) is 0 Å². The molecular formula is C19H31Cl2N3O. The summed E-state index contributed by atoms with van der Waals surface area (Å²) in [4.78, 5) is 14.9. The summed E-state index contributed by atoms with van der Waals surface area (Å²) in [6, 6.07) is 8.45. The van der Waals surface area contributed by atoms with E-state index in [1.807, 2.05) is 18.2 Å². The predicted molar refractivity (Wildman–Crippen MR) is 108 cm³/mol. The van der Waals surface area contributed by atoms with Crippen molar-refractivity contribution in [2.75, 3.05) is 26.2 Å². The minimum atomic E-state index is 0. The molecule has 1 fully saturated rings. The van der Waals surface area contributed by atoms with Crippen molar-refractivity contribution in [2.24, 2.45) is 5.92 Å². The van der Waals surface area contributed by atoms with E-state index in [1.54, 1.807) is 0 Å². The highest BCUT2D eigenvalue weighted by Crippen LogP contribution is 2.27. The Hall–Kier alpha value is -0.810. The summed E-state index contributed by atoms with van der Waals surface area (Å²) in [5.41, 5.74) is 1.09. The van der Waals surface area contributed by atoms with Crippen LogP contribution in [0.4, 0.5) is 0 Å². The molecule has 0 aromatic heterocycles. The van der Waals surface area contributed by atoms with Crippen LogP contribution >= 0.6 is 24.0 Å². The van der Waals surface area contributed by atoms with E-state index in [9.17, 15) is 4.79 Å². The van der Waals surface area contributed by atoms with Gasteiger partial charge in [-0.25, -0.2) is 0 Å². The van der Waals surface area contributed by atoms with Crippen LogP contribution in [0.15, 0.2) is 24.3 Å². The van der Waals surface area contributed by atoms with Crippen molar-refractivity contribution in [1.29, 1.82) is 0 Å². The van der Waals surface area contributed by atoms with Crippen molar-refractivity contribution in [3.63, 3.8) is 0 Å². The maximum atomic E-state index is 12.6. The van der Waals surface area contributed by atoms with Crippen LogP contribution in [0.2, 0.25) is 5.02 Å². The summed E-state index contributed by atoms with van der Waals surface area (Å²) >= 11 is 6.41. The van der Waals surface area contributed by atoms with E-state index in [-0.39, 0.29) is 30.3 Å². The summed E-state index contributed by atoms with van der Waals surface area (Å²) in [5.74, 6) is 0.289. The highest BCUT2D eigenvalue weighted by molar-refractivity contribution is 6.31. The Labute approximate surface area is 163 Å². The van der Waals surface area contributed by atoms with Gasteiger partial charge < -0.3 is 10.6 Å². The quantitative estimate of drug-likeness (QED) is 0.750. The zero-order valence-electron chi connectivity index (χ0n) is 15.4. The molecule has 2 N–H and O–H groups in total. The zero-order chi connectivity index (χ0) is 17.5. The van der Waals surface area contributed by atoms with Crippen molar-refractivity contribution < 1.29 is 4.79 Å². The smallest absolute Gasteiger partial charge is 0.223 e. The molecule has 0 aliphatic carbocycles. The SMILES string of the molecule is CCN(CC)C(CNC(=O)[C@H]1CCN[C@@H](C)C1)c1ccccc1Cl.Cl. The van der Waals surface area contributed by atoms with Crippen LogP contribution < -0.4 is 10.6 Å². The number of benzene rings is 1. The number of rotatable bonds is 7. The molecular weight excluding hydrogens is 357 g/mol. The number of carbonyl (C=O) groups is 1. The first-order chi connectivity index (χ1) is 11.6. The molecule has 1 saturated heterocycles. The summed E-state index contributed by atoms with van der Waals surface area (Å²) in [7, 11) is 0. The van der Waals surface area contributed by atoms with Gasteiger partial charge in [-0.1, -0.05) is 43.6 Å². The minimum absolute atomic E-state index is 0. The van der Waals surface area contributed by atoms with Crippen LogP contribution in [-0.2, 0) is 4.79 Å². The number of piperidine rings is 1. The number of hydrogen-bond donors (Lipinski definition) is 2. The molecule has 6 heteroatoms. The van der Waals surface area contributed by atoms with E-state index in [0.29, 0.717) is 12.6 Å². The van der Waals surface area contributed by atoms with Crippen LogP contribution in [0.5, 0.6) is 0 Å². The lowest BCUT2D eigenvalue weighted by Crippen LogP contribution is -2.45. The van der Waals surface area contributed by atoms with Crippen molar-refractivity contribution in [3.05, 3.63) is 34.9 Å². The molecule has 25 heavy (non-hydrogen) atoms. The lowest BCUT2D eigenvalue weighted by Gasteiger charge is -2.32. The molecule has 4 nitrogen and oxygen atoms in total. The van der Waals surface area contributed by atoms with Gasteiger partial charge in [-0.2, -0.15) is 0 Å². The van der Waals surface area contributed by atoms with Gasteiger partial charge in [-0.15, -0.1) is 12.4 Å². The maximum absolute atomic E-state index is 12.6. The maximum Gasteiger partial charge on any atom is 0.223 e. The third-order valence-corrected chi connectivity index (χ3v) is 5.33. The lowest BCUT2D eigenvalue weighted by molar-refractivity contribution is -0.126. The first kappa shape index (κ1) is 22.2. The fourth-order valence-corrected chi connectivity index (χ4v) is 3.82. The Bertz CT molecular complexity index is 537. The third kappa shape index (κ3) is 6.14. The van der Waals surface area contributed by atoms with E-state index < -0.39 is 0 Å². The molecule has 3 atom stereocenters. The van der Waals surface area contributed by atoms with Gasteiger partial charge in [0.25, 0.3) is 0 Å². The van der Waals surface area contributed by atoms with Crippen LogP contribution in [-0.4, -0.2) is 43.0 Å². The average molecular weight is 388 g/mol. The first-order valence-corrected chi connectivity index (χ1v) is 9.44. The highest BCUT2D eigenvalue weighted by Gasteiger charge is 2.26. The Morgan fingerprint density at radius 2 is 2.04 bits per heavy atom. The van der Waals surface area contributed by atoms with Gasteiger partial charge in [0, 0.05) is 23.5 Å². The Morgan fingerprint density at radius 1 is 1.36 bits per heavy atom. The molecule has 1 aliphatic heterocycles. The van der Waals surface area contributed by atoms with Crippen LogP contribution in [0.1, 0.15) is 45.2 Å². The minimum Gasteiger partial charge on any atom is -0.354 e. The number of halogens is 2. The largest absolute Gasteiger partial charge is 0.354 e. The van der Waals surface area contributed by atoms with Gasteiger partial charge in [-0.05, 0) is 51.0 Å². The molecule has 1 aromatic rings. The van der Waals surface area contributed by atoms with Crippen LogP contribution in [0, 0.1) is 5.92 Å². The Kier molecular flexibility index (Phi) is 9.80. The first-order valence-electron chi connectivity index (χ1n) is 9.06. The molecule has 1 aromatic carbocycles. The molecule has 0 spiro atoms. The zero-order valence-corrected chi connectivity index (χ0v) is 17.0. The third-order valence-electron chi connectivity index (χ3n) is 4.98. The van der Waals surface area contributed by atoms with Gasteiger partial charge >= 0.3 is 0 Å². The second-order valence-electron chi connectivity index (χ2n) is 6.58. The summed E-state index contributed by atoms with van der Waals surface area (Å²) in [6.45, 7) is 9.79. The van der Waals surface area contributed by atoms with Crippen LogP contribution in [0.3, 0.4) is 0 Å². The molecule has 0 bridgehead atoms. The Morgan fingerprint density at radius 3 is 2.64 bits per heavy atom. The van der Waals surface area contributed by atoms with Crippen molar-refractivity contribution >= 4 is 29.9 Å². The predicted octanol–water partition coefficient (Wildman–Crippen LogP) is 3.65. The van der Waals surface area contributed by atoms with Crippen molar-refractivity contribution in [3.8, 4) is 0 Å². The monoisotopic (exact) mass is 387 g/mol. The van der Waals surface area contributed by atoms with Gasteiger partial charge in [0.15, 0.2) is 0 Å². The summed E-state index contributed by atoms with van der Waals surface area (Å²) < 4.78 is 0. The van der Waals surface area contributed by atoms with Gasteiger partial charge in [0.2, 0.25) is 5.91 Å². The molecule has 1 aliphatic rings. The fourth-order valence-electron chi connectivity index (χ4n) is 3.56. The van der Waals surface area contributed by atoms with E-state index in [4.69, 9.17) is 11.6 Å². The molecule has 0 saturated carbocycles. The highest BCUT2D eigenvalue weighted by atomic mass is 35.5. The molecule has 1 amide bonds. The second-order valence-corrected chi connectivity index (χ2v) is 6.99. The number of carbonyl (C=O) groups excluding carboxylic acids is 1. The molecule has 1 heterocycles. The van der Waals surface area contributed by atoms with Crippen molar-refractivity contribution in [1.82, 2.24) is 15.5 Å². The standard InChI is InChI=1S/C19H30ClN3O.ClH/c1-4-23(5-2)18(16-8-6-7-9-17(16)20)13-22-19(24)15-10-11-21-14(3)12-15;/h6-9,14-15,18,21H,4-5,10-13H2,1-3H3,(H,22,24);1H/t14-,15-,18?;/m0./s1. The van der Waals surface area contributed by atoms with E-state index >= 15 is 0 Å². The molecule has 0 radical (unpaired) electrons. The normalized spacial score (nSPS) is 21.5. The molecule has 2 rings (SSSR count). The number of nitrogens with one attached hydrogen (secondary N) is 2. The van der Waals surface area contributed by atoms with Gasteiger partial charge in [0.05, 0.1) is 6.04 Å². The fraction of sp³-hybridized carbons (Fsp3) is 0.632. The number of hydrogen-bond acceptors (Lipinski definition) is 3. The number of nitrogens with zero attached hydrogens (tertiary/aromatic N) is 1. The van der Waals surface area contributed by atoms with E-state index in [0.717, 1.165) is 43.1 Å². The topological polar surface area (TPSA) is 44.4 Å². The van der Waals surface area contributed by atoms with Crippen molar-refractivity contribution in [2.45, 2.75) is 45.7 Å². The van der Waals surface area contributed by atoms with Gasteiger partial charge in [0.1, 0.15) is 0 Å². The lowest BCUT2D eigenvalue weighted by atomic mass is 9.92. The summed E-state index contributed by atoms with van der Waals surface area (Å²) in [6.07, 6.45) is 1.83. The molecule has 142 valence electrons. The van der Waals surface area contributed by atoms with Crippen LogP contribution in [0.25, 0.3) is 0 Å². The number of likely N-dealkylation sites (N-methyl/N-ethyl adjacent to an activating group) is 1. The Balaban J connectivity index is 0.00000312. The van der Waals surface area contributed by atoms with Gasteiger partial charge in [-0.3, -0.25) is 9.69 Å². The average Bonchev–Trinajstić information content (AvgIpc) is 2.59. The van der Waals surface area contributed by atoms with E-state index in [2.05, 4.69) is 42.4 Å². The summed E-state index contributed by atoms with van der Waals surface area (Å²) in [5, 5.41) is 7.34. The molecule has 1 unspecified atom stereocenters. The second kappa shape index (κ2) is 11.0.